The van der Waals surface area contributed by atoms with Crippen LogP contribution in [0.1, 0.15) is 22.1 Å². The van der Waals surface area contributed by atoms with Crippen LogP contribution in [0.5, 0.6) is 5.75 Å². The van der Waals surface area contributed by atoms with E-state index >= 15 is 0 Å². The topological polar surface area (TPSA) is 63.0 Å². The van der Waals surface area contributed by atoms with Gasteiger partial charge >= 0.3 is 0 Å². The van der Waals surface area contributed by atoms with Crippen molar-refractivity contribution in [1.82, 2.24) is 4.98 Å². The van der Waals surface area contributed by atoms with Crippen LogP contribution in [0.4, 0.5) is 0 Å². The second kappa shape index (κ2) is 7.90. The smallest absolute Gasteiger partial charge is 0.186 e. The molecular weight excluding hydrogens is 376 g/mol. The van der Waals surface area contributed by atoms with Crippen molar-refractivity contribution in [2.24, 2.45) is 0 Å². The van der Waals surface area contributed by atoms with Crippen LogP contribution in [0.2, 0.25) is 0 Å². The predicted molar refractivity (Wildman–Crippen MR) is 110 cm³/mol. The molecular formula is C21H16N2O2S2. The number of hydrogen-bond donors (Lipinski definition) is 1. The van der Waals surface area contributed by atoms with E-state index in [9.17, 15) is 4.79 Å². The van der Waals surface area contributed by atoms with Crippen molar-refractivity contribution >= 4 is 40.0 Å². The summed E-state index contributed by atoms with van der Waals surface area (Å²) in [5.74, 6) is 0.180. The molecule has 1 atom stereocenters. The van der Waals surface area contributed by atoms with Crippen LogP contribution in [-0.4, -0.2) is 15.8 Å². The molecule has 0 bridgehead atoms. The Balaban J connectivity index is 1.45. The van der Waals surface area contributed by atoms with Gasteiger partial charge in [0.05, 0.1) is 9.95 Å². The molecule has 27 heavy (non-hydrogen) atoms. The van der Waals surface area contributed by atoms with E-state index in [4.69, 9.17) is 10.1 Å². The standard InChI is InChI=1S/C21H16N2O2S2/c22-20-18(21-23-10-11-26-21)19(24)17(27-20)12-14-6-8-16(9-7-14)25-13-15-4-2-1-3-5-15/h1-12,18,22H,13H2/b17-12-,22-20?/t18-/m0/s1. The van der Waals surface area contributed by atoms with Gasteiger partial charge in [-0.25, -0.2) is 4.98 Å². The van der Waals surface area contributed by atoms with Gasteiger partial charge in [0.1, 0.15) is 23.3 Å². The molecule has 1 aromatic heterocycles. The van der Waals surface area contributed by atoms with Crippen molar-refractivity contribution in [2.75, 3.05) is 0 Å². The Bertz CT molecular complexity index is 981. The second-order valence-corrected chi connectivity index (χ2v) is 8.00. The summed E-state index contributed by atoms with van der Waals surface area (Å²) in [4.78, 5) is 17.4. The third-order valence-corrected chi connectivity index (χ3v) is 5.95. The highest BCUT2D eigenvalue weighted by Gasteiger charge is 2.38. The van der Waals surface area contributed by atoms with E-state index in [1.807, 2.05) is 66.1 Å². The molecule has 1 saturated heterocycles. The molecule has 134 valence electrons. The van der Waals surface area contributed by atoms with Crippen LogP contribution in [-0.2, 0) is 11.4 Å². The maximum Gasteiger partial charge on any atom is 0.186 e. The van der Waals surface area contributed by atoms with E-state index in [1.165, 1.54) is 23.1 Å². The SMILES string of the molecule is N=C1S/C(=C\c2ccc(OCc3ccccc3)cc2)C(=O)[C@@H]1c1nccs1. The number of thioether (sulfide) groups is 1. The monoisotopic (exact) mass is 392 g/mol. The minimum atomic E-state index is -0.547. The van der Waals surface area contributed by atoms with Crippen molar-refractivity contribution in [3.05, 3.63) is 87.2 Å². The van der Waals surface area contributed by atoms with Crippen LogP contribution in [0.15, 0.2) is 71.1 Å². The average molecular weight is 393 g/mol. The Kier molecular flexibility index (Phi) is 5.18. The van der Waals surface area contributed by atoms with Crippen LogP contribution >= 0.6 is 23.1 Å². The van der Waals surface area contributed by atoms with Gasteiger partial charge in [-0.2, -0.15) is 0 Å². The van der Waals surface area contributed by atoms with Crippen LogP contribution < -0.4 is 4.74 Å². The summed E-state index contributed by atoms with van der Waals surface area (Å²) >= 11 is 2.63. The predicted octanol–water partition coefficient (Wildman–Crippen LogP) is 5.14. The number of rotatable bonds is 5. The third-order valence-electron chi connectivity index (χ3n) is 4.11. The summed E-state index contributed by atoms with van der Waals surface area (Å²) in [7, 11) is 0. The van der Waals surface area contributed by atoms with E-state index in [2.05, 4.69) is 4.98 Å². The molecule has 1 aliphatic rings. The molecule has 0 radical (unpaired) electrons. The first-order chi connectivity index (χ1) is 13.2. The van der Waals surface area contributed by atoms with Gasteiger partial charge in [-0.3, -0.25) is 10.2 Å². The molecule has 2 aromatic carbocycles. The lowest BCUT2D eigenvalue weighted by molar-refractivity contribution is -0.114. The lowest BCUT2D eigenvalue weighted by atomic mass is 10.1. The number of nitrogens with one attached hydrogen (secondary N) is 1. The number of carbonyl (C=O) groups excluding carboxylic acids is 1. The summed E-state index contributed by atoms with van der Waals surface area (Å²) in [6.45, 7) is 0.516. The van der Waals surface area contributed by atoms with Gasteiger partial charge in [0.2, 0.25) is 0 Å². The molecule has 0 unspecified atom stereocenters. The molecule has 4 rings (SSSR count). The van der Waals surface area contributed by atoms with Gasteiger partial charge in [-0.15, -0.1) is 11.3 Å². The fourth-order valence-electron chi connectivity index (χ4n) is 2.74. The van der Waals surface area contributed by atoms with Crippen molar-refractivity contribution < 1.29 is 9.53 Å². The number of allylic oxidation sites excluding steroid dienone is 1. The number of aromatic nitrogens is 1. The number of Topliss-reactive ketones (excluding diaryl/α,β-unsaturated/α-hetero) is 1. The van der Waals surface area contributed by atoms with Gasteiger partial charge in [0, 0.05) is 11.6 Å². The second-order valence-electron chi connectivity index (χ2n) is 5.99. The first kappa shape index (κ1) is 17.7. The zero-order chi connectivity index (χ0) is 18.6. The number of hydrogen-bond acceptors (Lipinski definition) is 6. The van der Waals surface area contributed by atoms with Gasteiger partial charge in [-0.1, -0.05) is 54.2 Å². The molecule has 1 aliphatic heterocycles. The molecule has 0 amide bonds. The third kappa shape index (κ3) is 4.02. The Hall–Kier alpha value is -2.70. The highest BCUT2D eigenvalue weighted by atomic mass is 32.2. The van der Waals surface area contributed by atoms with Crippen molar-refractivity contribution in [1.29, 1.82) is 5.41 Å². The Morgan fingerprint density at radius 2 is 1.89 bits per heavy atom. The lowest BCUT2D eigenvalue weighted by Crippen LogP contribution is -2.11. The van der Waals surface area contributed by atoms with Gasteiger partial charge in [-0.05, 0) is 29.3 Å². The summed E-state index contributed by atoms with van der Waals surface area (Å²) < 4.78 is 5.79. The number of ketones is 1. The molecule has 4 nitrogen and oxygen atoms in total. The minimum Gasteiger partial charge on any atom is -0.489 e. The molecule has 3 aromatic rings. The molecule has 1 N–H and O–H groups in total. The number of ether oxygens (including phenoxy) is 1. The molecule has 6 heteroatoms. The number of thiazole rings is 1. The summed E-state index contributed by atoms with van der Waals surface area (Å²) in [5, 5.41) is 11.0. The fraction of sp³-hybridized carbons (Fsp3) is 0.0952. The molecule has 1 fully saturated rings. The van der Waals surface area contributed by atoms with Crippen LogP contribution in [0, 0.1) is 5.41 Å². The summed E-state index contributed by atoms with van der Waals surface area (Å²) in [5.41, 5.74) is 2.02. The normalized spacial score (nSPS) is 18.2. The fourth-order valence-corrected chi connectivity index (χ4v) is 4.55. The highest BCUT2D eigenvalue weighted by Crippen LogP contribution is 2.41. The highest BCUT2D eigenvalue weighted by molar-refractivity contribution is 8.19. The van der Waals surface area contributed by atoms with E-state index < -0.39 is 5.92 Å². The Morgan fingerprint density at radius 1 is 1.11 bits per heavy atom. The van der Waals surface area contributed by atoms with E-state index in [0.717, 1.165) is 16.9 Å². The van der Waals surface area contributed by atoms with E-state index in [-0.39, 0.29) is 5.78 Å². The Morgan fingerprint density at radius 3 is 2.59 bits per heavy atom. The maximum atomic E-state index is 12.7. The van der Waals surface area contributed by atoms with Gasteiger partial charge < -0.3 is 4.74 Å². The largest absolute Gasteiger partial charge is 0.489 e. The zero-order valence-corrected chi connectivity index (χ0v) is 15.9. The minimum absolute atomic E-state index is 0.0515. The van der Waals surface area contributed by atoms with Crippen molar-refractivity contribution in [2.45, 2.75) is 12.5 Å². The van der Waals surface area contributed by atoms with Crippen molar-refractivity contribution in [3.8, 4) is 5.75 Å². The summed E-state index contributed by atoms with van der Waals surface area (Å²) in [6.07, 6.45) is 3.50. The summed E-state index contributed by atoms with van der Waals surface area (Å²) in [6, 6.07) is 17.6. The molecule has 2 heterocycles. The number of benzene rings is 2. The molecule has 0 spiro atoms. The average Bonchev–Trinajstić information content (AvgIpc) is 3.30. The Labute approximate surface area is 165 Å². The van der Waals surface area contributed by atoms with Gasteiger partial charge in [0.25, 0.3) is 0 Å². The number of nitrogens with zero attached hydrogens (tertiary/aromatic N) is 1. The maximum absolute atomic E-state index is 12.7. The van der Waals surface area contributed by atoms with Crippen molar-refractivity contribution in [3.63, 3.8) is 0 Å². The number of carbonyl (C=O) groups is 1. The van der Waals surface area contributed by atoms with Crippen LogP contribution in [0.25, 0.3) is 6.08 Å². The molecule has 0 saturated carbocycles. The first-order valence-electron chi connectivity index (χ1n) is 8.39. The quantitative estimate of drug-likeness (QED) is 0.611. The first-order valence-corrected chi connectivity index (χ1v) is 10.1. The zero-order valence-electron chi connectivity index (χ0n) is 14.3. The van der Waals surface area contributed by atoms with E-state index in [0.29, 0.717) is 21.6 Å². The van der Waals surface area contributed by atoms with Crippen LogP contribution in [0.3, 0.4) is 0 Å². The molecule has 0 aliphatic carbocycles. The van der Waals surface area contributed by atoms with E-state index in [1.54, 1.807) is 6.20 Å². The lowest BCUT2D eigenvalue weighted by Gasteiger charge is -2.06. The van der Waals surface area contributed by atoms with Gasteiger partial charge in [0.15, 0.2) is 5.78 Å².